The van der Waals surface area contributed by atoms with Gasteiger partial charge < -0.3 is 9.88 Å². The van der Waals surface area contributed by atoms with Crippen molar-refractivity contribution in [3.05, 3.63) is 59.4 Å². The van der Waals surface area contributed by atoms with Gasteiger partial charge in [0.15, 0.2) is 0 Å². The molecule has 3 heteroatoms. The van der Waals surface area contributed by atoms with E-state index in [1.165, 1.54) is 5.56 Å². The number of hydrogen-bond donors (Lipinski definition) is 1. The van der Waals surface area contributed by atoms with Gasteiger partial charge in [0.2, 0.25) is 0 Å². The first-order chi connectivity index (χ1) is 9.97. The maximum absolute atomic E-state index is 12.2. The Morgan fingerprint density at radius 2 is 1.81 bits per heavy atom. The Morgan fingerprint density at radius 3 is 2.33 bits per heavy atom. The Morgan fingerprint density at radius 1 is 1.14 bits per heavy atom. The van der Waals surface area contributed by atoms with Gasteiger partial charge in [0.05, 0.1) is 6.04 Å². The average molecular weight is 284 g/mol. The molecule has 3 nitrogen and oxygen atoms in total. The van der Waals surface area contributed by atoms with Crippen LogP contribution in [0.3, 0.4) is 0 Å². The normalized spacial score (nSPS) is 12.4. The zero-order valence-corrected chi connectivity index (χ0v) is 13.3. The molecule has 0 aliphatic carbocycles. The lowest BCUT2D eigenvalue weighted by Gasteiger charge is -2.15. The second-order valence-corrected chi connectivity index (χ2v) is 6.04. The number of aryl methyl sites for hydroxylation is 1. The van der Waals surface area contributed by atoms with Gasteiger partial charge in [-0.05, 0) is 42.5 Å². The number of nitrogens with one attached hydrogen (secondary N) is 1. The molecule has 1 heterocycles. The fraction of sp³-hybridized carbons (Fsp3) is 0.389. The predicted molar refractivity (Wildman–Crippen MR) is 86.3 cm³/mol. The number of amides is 1. The van der Waals surface area contributed by atoms with Gasteiger partial charge in [-0.25, -0.2) is 0 Å². The summed E-state index contributed by atoms with van der Waals surface area (Å²) >= 11 is 0. The quantitative estimate of drug-likeness (QED) is 0.892. The van der Waals surface area contributed by atoms with Crippen molar-refractivity contribution >= 4 is 5.91 Å². The number of hydrogen-bond acceptors (Lipinski definition) is 1. The van der Waals surface area contributed by atoms with Crippen LogP contribution in [0.1, 0.15) is 48.4 Å². The minimum atomic E-state index is -0.0405. The number of benzene rings is 1. The van der Waals surface area contributed by atoms with Crippen LogP contribution in [-0.2, 0) is 13.5 Å². The molecule has 0 aliphatic heterocycles. The van der Waals surface area contributed by atoms with E-state index in [-0.39, 0.29) is 11.9 Å². The van der Waals surface area contributed by atoms with E-state index in [9.17, 15) is 4.79 Å². The number of rotatable bonds is 5. The highest BCUT2D eigenvalue weighted by Crippen LogP contribution is 2.16. The molecule has 1 amide bonds. The van der Waals surface area contributed by atoms with Gasteiger partial charge in [-0.15, -0.1) is 0 Å². The van der Waals surface area contributed by atoms with Crippen LogP contribution in [-0.4, -0.2) is 10.5 Å². The molecule has 1 aromatic heterocycles. The molecule has 0 saturated heterocycles. The summed E-state index contributed by atoms with van der Waals surface area (Å²) in [7, 11) is 1.88. The molecule has 21 heavy (non-hydrogen) atoms. The van der Waals surface area contributed by atoms with Crippen LogP contribution in [0.2, 0.25) is 0 Å². The number of carbonyl (C=O) groups excluding carboxylic acids is 1. The summed E-state index contributed by atoms with van der Waals surface area (Å²) < 4.78 is 1.83. The first-order valence-corrected chi connectivity index (χ1v) is 7.48. The summed E-state index contributed by atoms with van der Waals surface area (Å²) in [4.78, 5) is 12.2. The lowest BCUT2D eigenvalue weighted by atomic mass is 10.00. The molecule has 1 aromatic carbocycles. The molecule has 1 N–H and O–H groups in total. The van der Waals surface area contributed by atoms with Crippen molar-refractivity contribution in [1.29, 1.82) is 0 Å². The molecule has 0 radical (unpaired) electrons. The van der Waals surface area contributed by atoms with Crippen molar-refractivity contribution in [3.8, 4) is 0 Å². The Balaban J connectivity index is 2.01. The third-order valence-electron chi connectivity index (χ3n) is 3.65. The second kappa shape index (κ2) is 6.61. The highest BCUT2D eigenvalue weighted by atomic mass is 16.2. The minimum Gasteiger partial charge on any atom is -0.347 e. The first kappa shape index (κ1) is 15.4. The fourth-order valence-corrected chi connectivity index (χ4v) is 2.46. The Bertz CT molecular complexity index is 596. The zero-order valence-electron chi connectivity index (χ0n) is 13.3. The third-order valence-corrected chi connectivity index (χ3v) is 3.65. The van der Waals surface area contributed by atoms with E-state index in [1.54, 1.807) is 0 Å². The van der Waals surface area contributed by atoms with Crippen LogP contribution in [0.5, 0.6) is 0 Å². The van der Waals surface area contributed by atoms with E-state index in [0.717, 1.165) is 12.0 Å². The minimum absolute atomic E-state index is 0.000463. The molecule has 112 valence electrons. The lowest BCUT2D eigenvalue weighted by Crippen LogP contribution is -2.28. The molecule has 2 rings (SSSR count). The smallest absolute Gasteiger partial charge is 0.268 e. The summed E-state index contributed by atoms with van der Waals surface area (Å²) in [6, 6.07) is 12.2. The molecule has 0 fully saturated rings. The standard InChI is InChI=1S/C18H24N2O/c1-13(2)12-15-7-9-16(10-8-15)14(3)19-18(21)17-6-5-11-20(17)4/h5-11,13-14H,12H2,1-4H3,(H,19,21). The van der Waals surface area contributed by atoms with Crippen LogP contribution in [0.15, 0.2) is 42.6 Å². The maximum Gasteiger partial charge on any atom is 0.268 e. The average Bonchev–Trinajstić information content (AvgIpc) is 2.85. The van der Waals surface area contributed by atoms with E-state index in [1.807, 2.05) is 36.9 Å². The van der Waals surface area contributed by atoms with E-state index >= 15 is 0 Å². The molecule has 0 aliphatic rings. The van der Waals surface area contributed by atoms with Gasteiger partial charge in [0.25, 0.3) is 5.91 Å². The molecule has 0 bridgehead atoms. The largest absolute Gasteiger partial charge is 0.347 e. The van der Waals surface area contributed by atoms with Gasteiger partial charge in [-0.3, -0.25) is 4.79 Å². The molecule has 1 unspecified atom stereocenters. The Hall–Kier alpha value is -2.03. The topological polar surface area (TPSA) is 34.0 Å². The maximum atomic E-state index is 12.2. The number of carbonyl (C=O) groups is 1. The number of nitrogens with zero attached hydrogens (tertiary/aromatic N) is 1. The third kappa shape index (κ3) is 3.97. The predicted octanol–water partition coefficient (Wildman–Crippen LogP) is 3.71. The van der Waals surface area contributed by atoms with Crippen molar-refractivity contribution in [1.82, 2.24) is 9.88 Å². The van der Waals surface area contributed by atoms with E-state index in [4.69, 9.17) is 0 Å². The molecular formula is C18H24N2O. The Labute approximate surface area is 127 Å². The van der Waals surface area contributed by atoms with Crippen LogP contribution >= 0.6 is 0 Å². The van der Waals surface area contributed by atoms with Crippen molar-refractivity contribution in [2.24, 2.45) is 13.0 Å². The highest BCUT2D eigenvalue weighted by Gasteiger charge is 2.13. The van der Waals surface area contributed by atoms with Crippen molar-refractivity contribution in [2.45, 2.75) is 33.2 Å². The lowest BCUT2D eigenvalue weighted by molar-refractivity contribution is 0.0931. The van der Waals surface area contributed by atoms with E-state index in [2.05, 4.69) is 43.4 Å². The van der Waals surface area contributed by atoms with Crippen LogP contribution in [0.25, 0.3) is 0 Å². The monoisotopic (exact) mass is 284 g/mol. The van der Waals surface area contributed by atoms with Crippen molar-refractivity contribution in [2.75, 3.05) is 0 Å². The summed E-state index contributed by atoms with van der Waals surface area (Å²) in [5.41, 5.74) is 3.15. The fourth-order valence-electron chi connectivity index (χ4n) is 2.46. The summed E-state index contributed by atoms with van der Waals surface area (Å²) in [5.74, 6) is 0.617. The number of aromatic nitrogens is 1. The first-order valence-electron chi connectivity index (χ1n) is 7.48. The summed E-state index contributed by atoms with van der Waals surface area (Å²) in [6.07, 6.45) is 2.96. The zero-order chi connectivity index (χ0) is 15.4. The van der Waals surface area contributed by atoms with E-state index in [0.29, 0.717) is 11.6 Å². The van der Waals surface area contributed by atoms with Crippen molar-refractivity contribution in [3.63, 3.8) is 0 Å². The van der Waals surface area contributed by atoms with Crippen LogP contribution in [0.4, 0.5) is 0 Å². The van der Waals surface area contributed by atoms with Gasteiger partial charge in [-0.1, -0.05) is 38.1 Å². The SMILES string of the molecule is CC(C)Cc1ccc(C(C)NC(=O)c2cccn2C)cc1. The van der Waals surface area contributed by atoms with Gasteiger partial charge in [0.1, 0.15) is 5.69 Å². The summed E-state index contributed by atoms with van der Waals surface area (Å²) in [5, 5.41) is 3.04. The second-order valence-electron chi connectivity index (χ2n) is 6.04. The van der Waals surface area contributed by atoms with Gasteiger partial charge in [-0.2, -0.15) is 0 Å². The molecule has 1 atom stereocenters. The molecule has 0 spiro atoms. The van der Waals surface area contributed by atoms with Gasteiger partial charge in [0, 0.05) is 13.2 Å². The molecular weight excluding hydrogens is 260 g/mol. The van der Waals surface area contributed by atoms with Crippen molar-refractivity contribution < 1.29 is 4.79 Å². The molecule has 2 aromatic rings. The van der Waals surface area contributed by atoms with Crippen LogP contribution < -0.4 is 5.32 Å². The molecule has 0 saturated carbocycles. The van der Waals surface area contributed by atoms with E-state index < -0.39 is 0 Å². The van der Waals surface area contributed by atoms with Crippen LogP contribution in [0, 0.1) is 5.92 Å². The summed E-state index contributed by atoms with van der Waals surface area (Å²) in [6.45, 7) is 6.45. The highest BCUT2D eigenvalue weighted by molar-refractivity contribution is 5.92. The Kier molecular flexibility index (Phi) is 4.84. The van der Waals surface area contributed by atoms with Gasteiger partial charge >= 0.3 is 0 Å².